The molecule has 7 nitrogen and oxygen atoms in total. The number of nitrogens with one attached hydrogen (secondary N) is 1. The summed E-state index contributed by atoms with van der Waals surface area (Å²) in [7, 11) is -1.72. The zero-order valence-electron chi connectivity index (χ0n) is 13.8. The Morgan fingerprint density at radius 2 is 2.04 bits per heavy atom. The van der Waals surface area contributed by atoms with Crippen molar-refractivity contribution in [2.24, 2.45) is 0 Å². The topological polar surface area (TPSA) is 92.8 Å². The third-order valence-corrected chi connectivity index (χ3v) is 5.83. The van der Waals surface area contributed by atoms with Crippen molar-refractivity contribution in [3.05, 3.63) is 29.8 Å². The molecular weight excluding hydrogens is 332 g/mol. The Morgan fingerprint density at radius 1 is 1.33 bits per heavy atom. The maximum Gasteiger partial charge on any atom is 0.339 e. The molecule has 0 bridgehead atoms. The number of methoxy groups -OCH3 is 1. The summed E-state index contributed by atoms with van der Waals surface area (Å²) in [5.41, 5.74) is 0.657. The molecule has 1 aliphatic heterocycles. The first-order valence-electron chi connectivity index (χ1n) is 7.78. The van der Waals surface area contributed by atoms with Gasteiger partial charge in [0.1, 0.15) is 0 Å². The molecular formula is C16H22N2O5S. The number of likely N-dealkylation sites (N-methyl/N-ethyl adjacent to an activating group) is 1. The van der Waals surface area contributed by atoms with E-state index in [0.717, 1.165) is 0 Å². The third kappa shape index (κ3) is 4.55. The van der Waals surface area contributed by atoms with E-state index >= 15 is 0 Å². The van der Waals surface area contributed by atoms with Crippen LogP contribution in [-0.4, -0.2) is 62.9 Å². The Labute approximate surface area is 141 Å². The molecule has 0 aliphatic carbocycles. The second-order valence-corrected chi connectivity index (χ2v) is 7.93. The highest BCUT2D eigenvalue weighted by Crippen LogP contribution is 2.19. The predicted molar refractivity (Wildman–Crippen MR) is 90.7 cm³/mol. The average Bonchev–Trinajstić information content (AvgIpc) is 2.92. The van der Waals surface area contributed by atoms with Crippen molar-refractivity contribution in [2.75, 3.05) is 37.0 Å². The maximum absolute atomic E-state index is 12.3. The molecule has 1 aromatic rings. The van der Waals surface area contributed by atoms with Crippen LogP contribution in [0, 0.1) is 0 Å². The van der Waals surface area contributed by atoms with Crippen molar-refractivity contribution < 1.29 is 22.7 Å². The summed E-state index contributed by atoms with van der Waals surface area (Å²) in [6, 6.07) is 6.46. The summed E-state index contributed by atoms with van der Waals surface area (Å²) >= 11 is 0. The second kappa shape index (κ2) is 7.76. The summed E-state index contributed by atoms with van der Waals surface area (Å²) < 4.78 is 27.9. The van der Waals surface area contributed by atoms with Crippen molar-refractivity contribution in [1.29, 1.82) is 0 Å². The zero-order valence-corrected chi connectivity index (χ0v) is 14.6. The SMILES string of the molecule is CCN(CC(=O)Nc1ccccc1C(=O)OC)C1CCS(=O)(=O)C1. The normalized spacial score (nSPS) is 19.2. The van der Waals surface area contributed by atoms with Gasteiger partial charge >= 0.3 is 5.97 Å². The lowest BCUT2D eigenvalue weighted by Crippen LogP contribution is -2.41. The fraction of sp³-hybridized carbons (Fsp3) is 0.500. The Bertz CT molecular complexity index is 717. The highest BCUT2D eigenvalue weighted by Gasteiger charge is 2.32. The number of carbonyl (C=O) groups is 2. The van der Waals surface area contributed by atoms with Gasteiger partial charge in [0.25, 0.3) is 0 Å². The Balaban J connectivity index is 2.04. The number of sulfone groups is 1. The van der Waals surface area contributed by atoms with E-state index in [2.05, 4.69) is 5.32 Å². The number of ether oxygens (including phenoxy) is 1. The van der Waals surface area contributed by atoms with Crippen molar-refractivity contribution in [3.63, 3.8) is 0 Å². The molecule has 132 valence electrons. The highest BCUT2D eigenvalue weighted by atomic mass is 32.2. The standard InChI is InChI=1S/C16H22N2O5S/c1-3-18(12-8-9-24(21,22)11-12)10-15(19)17-14-7-5-4-6-13(14)16(20)23-2/h4-7,12H,3,8-11H2,1-2H3,(H,17,19). The van der Waals surface area contributed by atoms with Gasteiger partial charge in [-0.3, -0.25) is 9.69 Å². The van der Waals surface area contributed by atoms with Crippen LogP contribution in [-0.2, 0) is 19.4 Å². The number of benzene rings is 1. The number of esters is 1. The molecule has 1 amide bonds. The molecule has 0 aromatic heterocycles. The van der Waals surface area contributed by atoms with Crippen molar-refractivity contribution in [1.82, 2.24) is 4.90 Å². The summed E-state index contributed by atoms with van der Waals surface area (Å²) in [6.45, 7) is 2.54. The fourth-order valence-electron chi connectivity index (χ4n) is 2.82. The molecule has 1 aliphatic rings. The minimum absolute atomic E-state index is 0.0756. The summed E-state index contributed by atoms with van der Waals surface area (Å²) in [6.07, 6.45) is 0.544. The number of para-hydroxylation sites is 1. The van der Waals surface area contributed by atoms with Gasteiger partial charge in [0, 0.05) is 6.04 Å². The van der Waals surface area contributed by atoms with E-state index in [9.17, 15) is 18.0 Å². The van der Waals surface area contributed by atoms with Gasteiger partial charge in [0.15, 0.2) is 9.84 Å². The Hall–Kier alpha value is -1.93. The van der Waals surface area contributed by atoms with E-state index in [1.165, 1.54) is 7.11 Å². The summed E-state index contributed by atoms with van der Waals surface area (Å²) in [4.78, 5) is 25.9. The van der Waals surface area contributed by atoms with E-state index in [1.807, 2.05) is 11.8 Å². The quantitative estimate of drug-likeness (QED) is 0.764. The number of anilines is 1. The van der Waals surface area contributed by atoms with E-state index < -0.39 is 15.8 Å². The van der Waals surface area contributed by atoms with Gasteiger partial charge in [0.05, 0.1) is 36.4 Å². The van der Waals surface area contributed by atoms with Crippen LogP contribution in [0.25, 0.3) is 0 Å². The van der Waals surface area contributed by atoms with Crippen LogP contribution in [0.3, 0.4) is 0 Å². The van der Waals surface area contributed by atoms with Crippen LogP contribution < -0.4 is 5.32 Å². The van der Waals surface area contributed by atoms with Crippen LogP contribution in [0.4, 0.5) is 5.69 Å². The van der Waals surface area contributed by atoms with Crippen molar-refractivity contribution in [2.45, 2.75) is 19.4 Å². The second-order valence-electron chi connectivity index (χ2n) is 5.71. The summed E-state index contributed by atoms with van der Waals surface area (Å²) in [5, 5.41) is 2.70. The highest BCUT2D eigenvalue weighted by molar-refractivity contribution is 7.91. The first-order chi connectivity index (χ1) is 11.4. The molecule has 1 heterocycles. The number of rotatable bonds is 6. The molecule has 24 heavy (non-hydrogen) atoms. The lowest BCUT2D eigenvalue weighted by Gasteiger charge is -2.25. The average molecular weight is 354 g/mol. The molecule has 0 spiro atoms. The summed E-state index contributed by atoms with van der Waals surface area (Å²) in [5.74, 6) is -0.564. The van der Waals surface area contributed by atoms with Gasteiger partial charge in [-0.15, -0.1) is 0 Å². The minimum Gasteiger partial charge on any atom is -0.465 e. The molecule has 1 saturated heterocycles. The monoisotopic (exact) mass is 354 g/mol. The molecule has 0 radical (unpaired) electrons. The zero-order chi connectivity index (χ0) is 17.7. The lowest BCUT2D eigenvalue weighted by atomic mass is 10.1. The van der Waals surface area contributed by atoms with Gasteiger partial charge < -0.3 is 10.1 Å². The Kier molecular flexibility index (Phi) is 5.95. The third-order valence-electron chi connectivity index (χ3n) is 4.08. The molecule has 1 aromatic carbocycles. The lowest BCUT2D eigenvalue weighted by molar-refractivity contribution is -0.117. The molecule has 1 atom stereocenters. The predicted octanol–water partition coefficient (Wildman–Crippen LogP) is 0.921. The van der Waals surface area contributed by atoms with Crippen LogP contribution >= 0.6 is 0 Å². The van der Waals surface area contributed by atoms with E-state index in [-0.39, 0.29) is 35.6 Å². The van der Waals surface area contributed by atoms with Crippen molar-refractivity contribution in [3.8, 4) is 0 Å². The van der Waals surface area contributed by atoms with E-state index in [0.29, 0.717) is 18.7 Å². The van der Waals surface area contributed by atoms with Crippen LogP contribution in [0.1, 0.15) is 23.7 Å². The Morgan fingerprint density at radius 3 is 2.62 bits per heavy atom. The fourth-order valence-corrected chi connectivity index (χ4v) is 4.58. The molecule has 8 heteroatoms. The van der Waals surface area contributed by atoms with Gasteiger partial charge in [-0.1, -0.05) is 19.1 Å². The molecule has 1 fully saturated rings. The largest absolute Gasteiger partial charge is 0.465 e. The number of amides is 1. The molecule has 0 saturated carbocycles. The maximum atomic E-state index is 12.3. The first-order valence-corrected chi connectivity index (χ1v) is 9.60. The smallest absolute Gasteiger partial charge is 0.339 e. The molecule has 2 rings (SSSR count). The first kappa shape index (κ1) is 18.4. The van der Waals surface area contributed by atoms with Gasteiger partial charge in [-0.25, -0.2) is 13.2 Å². The van der Waals surface area contributed by atoms with Crippen molar-refractivity contribution >= 4 is 27.4 Å². The number of carbonyl (C=O) groups excluding carboxylic acids is 2. The van der Waals surface area contributed by atoms with Gasteiger partial charge in [0.2, 0.25) is 5.91 Å². The number of nitrogens with zero attached hydrogens (tertiary/aromatic N) is 1. The van der Waals surface area contributed by atoms with Crippen LogP contribution in [0.15, 0.2) is 24.3 Å². The van der Waals surface area contributed by atoms with Gasteiger partial charge in [-0.05, 0) is 25.1 Å². The van der Waals surface area contributed by atoms with E-state index in [1.54, 1.807) is 24.3 Å². The van der Waals surface area contributed by atoms with Crippen LogP contribution in [0.5, 0.6) is 0 Å². The number of hydrogen-bond acceptors (Lipinski definition) is 6. The molecule has 1 unspecified atom stereocenters. The molecule has 1 N–H and O–H groups in total. The minimum atomic E-state index is -3.00. The van der Waals surface area contributed by atoms with Crippen LogP contribution in [0.2, 0.25) is 0 Å². The van der Waals surface area contributed by atoms with E-state index in [4.69, 9.17) is 4.74 Å². The van der Waals surface area contributed by atoms with Gasteiger partial charge in [-0.2, -0.15) is 0 Å². The number of hydrogen-bond donors (Lipinski definition) is 1.